The molecule has 0 aromatic carbocycles. The average Bonchev–Trinajstić information content (AvgIpc) is 1.96. The SMILES string of the molecule is CC1CC(C)(C)CC(C)(CNC=O)C1. The molecule has 1 fully saturated rings. The highest BCUT2D eigenvalue weighted by molar-refractivity contribution is 5.45. The maximum Gasteiger partial charge on any atom is 0.207 e. The minimum atomic E-state index is 0.294. The smallest absolute Gasteiger partial charge is 0.207 e. The third kappa shape index (κ3) is 3.00. The van der Waals surface area contributed by atoms with Gasteiger partial charge in [0.2, 0.25) is 6.41 Å². The molecular formula is C12H23NO. The number of carbonyl (C=O) groups is 1. The lowest BCUT2D eigenvalue weighted by Gasteiger charge is -2.45. The van der Waals surface area contributed by atoms with Gasteiger partial charge < -0.3 is 5.32 Å². The van der Waals surface area contributed by atoms with Crippen LogP contribution in [-0.2, 0) is 4.79 Å². The third-order valence-electron chi connectivity index (χ3n) is 3.26. The van der Waals surface area contributed by atoms with E-state index in [9.17, 15) is 4.79 Å². The van der Waals surface area contributed by atoms with E-state index in [4.69, 9.17) is 0 Å². The molecule has 2 heteroatoms. The summed E-state index contributed by atoms with van der Waals surface area (Å²) >= 11 is 0. The normalized spacial score (nSPS) is 36.4. The van der Waals surface area contributed by atoms with E-state index >= 15 is 0 Å². The van der Waals surface area contributed by atoms with Crippen molar-refractivity contribution < 1.29 is 4.79 Å². The van der Waals surface area contributed by atoms with Crippen molar-refractivity contribution in [3.05, 3.63) is 0 Å². The fourth-order valence-corrected chi connectivity index (χ4v) is 3.58. The highest BCUT2D eigenvalue weighted by Crippen LogP contribution is 2.47. The second kappa shape index (κ2) is 3.92. The van der Waals surface area contributed by atoms with Crippen molar-refractivity contribution >= 4 is 6.41 Å². The first kappa shape index (κ1) is 11.5. The van der Waals surface area contributed by atoms with Gasteiger partial charge in [-0.25, -0.2) is 0 Å². The number of carbonyl (C=O) groups excluding carboxylic acids is 1. The van der Waals surface area contributed by atoms with E-state index in [0.717, 1.165) is 18.9 Å². The van der Waals surface area contributed by atoms with Gasteiger partial charge in [0.05, 0.1) is 0 Å². The van der Waals surface area contributed by atoms with Gasteiger partial charge >= 0.3 is 0 Å². The molecule has 2 atom stereocenters. The molecule has 0 saturated heterocycles. The van der Waals surface area contributed by atoms with Gasteiger partial charge in [0.15, 0.2) is 0 Å². The Balaban J connectivity index is 2.63. The molecule has 0 aromatic heterocycles. The van der Waals surface area contributed by atoms with Crippen molar-refractivity contribution in [2.45, 2.75) is 47.0 Å². The van der Waals surface area contributed by atoms with Crippen molar-refractivity contribution in [3.8, 4) is 0 Å². The Labute approximate surface area is 87.5 Å². The third-order valence-corrected chi connectivity index (χ3v) is 3.26. The lowest BCUT2D eigenvalue weighted by atomic mass is 9.61. The molecule has 0 heterocycles. The molecule has 1 saturated carbocycles. The standard InChI is InChI=1S/C12H23NO/c1-10-5-11(2,3)7-12(4,6-10)8-13-9-14/h9-10H,5-8H2,1-4H3,(H,13,14). The van der Waals surface area contributed by atoms with Crippen LogP contribution in [0.25, 0.3) is 0 Å². The van der Waals surface area contributed by atoms with Crippen LogP contribution in [0, 0.1) is 16.7 Å². The van der Waals surface area contributed by atoms with E-state index in [1.54, 1.807) is 0 Å². The molecule has 1 rings (SSSR count). The monoisotopic (exact) mass is 197 g/mol. The Bertz CT molecular complexity index is 212. The van der Waals surface area contributed by atoms with Gasteiger partial charge in [0.1, 0.15) is 0 Å². The number of nitrogens with one attached hydrogen (secondary N) is 1. The van der Waals surface area contributed by atoms with Gasteiger partial charge in [0.25, 0.3) is 0 Å². The summed E-state index contributed by atoms with van der Waals surface area (Å²) in [5.41, 5.74) is 0.721. The maximum atomic E-state index is 10.3. The van der Waals surface area contributed by atoms with Crippen LogP contribution in [0.3, 0.4) is 0 Å². The van der Waals surface area contributed by atoms with Crippen molar-refractivity contribution in [2.75, 3.05) is 6.54 Å². The van der Waals surface area contributed by atoms with Crippen LogP contribution in [0.5, 0.6) is 0 Å². The fraction of sp³-hybridized carbons (Fsp3) is 0.917. The predicted octanol–water partition coefficient (Wildman–Crippen LogP) is 2.58. The summed E-state index contributed by atoms with van der Waals surface area (Å²) < 4.78 is 0. The van der Waals surface area contributed by atoms with Gasteiger partial charge in [-0.05, 0) is 36.0 Å². The molecule has 1 aliphatic rings. The van der Waals surface area contributed by atoms with E-state index in [1.807, 2.05) is 0 Å². The van der Waals surface area contributed by atoms with Gasteiger partial charge in [-0.1, -0.05) is 27.7 Å². The van der Waals surface area contributed by atoms with E-state index in [1.165, 1.54) is 19.3 Å². The van der Waals surface area contributed by atoms with Crippen LogP contribution in [0.2, 0.25) is 0 Å². The zero-order valence-corrected chi connectivity index (χ0v) is 9.89. The van der Waals surface area contributed by atoms with Crippen molar-refractivity contribution in [2.24, 2.45) is 16.7 Å². The van der Waals surface area contributed by atoms with E-state index in [2.05, 4.69) is 33.0 Å². The Morgan fingerprint density at radius 3 is 2.50 bits per heavy atom. The first-order valence-corrected chi connectivity index (χ1v) is 5.54. The molecule has 0 radical (unpaired) electrons. The largest absolute Gasteiger partial charge is 0.358 e. The molecular weight excluding hydrogens is 174 g/mol. The fourth-order valence-electron chi connectivity index (χ4n) is 3.58. The van der Waals surface area contributed by atoms with Crippen LogP contribution >= 0.6 is 0 Å². The van der Waals surface area contributed by atoms with Crippen LogP contribution in [-0.4, -0.2) is 13.0 Å². The average molecular weight is 197 g/mol. The van der Waals surface area contributed by atoms with E-state index < -0.39 is 0 Å². The Morgan fingerprint density at radius 2 is 2.00 bits per heavy atom. The zero-order chi connectivity index (χ0) is 10.8. The lowest BCUT2D eigenvalue weighted by Crippen LogP contribution is -2.41. The zero-order valence-electron chi connectivity index (χ0n) is 9.89. The lowest BCUT2D eigenvalue weighted by molar-refractivity contribution is -0.110. The van der Waals surface area contributed by atoms with Crippen molar-refractivity contribution in [3.63, 3.8) is 0 Å². The number of hydrogen-bond acceptors (Lipinski definition) is 1. The summed E-state index contributed by atoms with van der Waals surface area (Å²) in [6.07, 6.45) is 4.57. The summed E-state index contributed by atoms with van der Waals surface area (Å²) in [7, 11) is 0. The minimum Gasteiger partial charge on any atom is -0.358 e. The molecule has 1 amide bonds. The van der Waals surface area contributed by atoms with E-state index in [0.29, 0.717) is 10.8 Å². The molecule has 0 spiro atoms. The molecule has 1 aliphatic carbocycles. The summed E-state index contributed by atoms with van der Waals surface area (Å²) in [6, 6.07) is 0. The summed E-state index contributed by atoms with van der Waals surface area (Å²) in [4.78, 5) is 10.3. The van der Waals surface area contributed by atoms with Crippen LogP contribution in [0.1, 0.15) is 47.0 Å². The maximum absolute atomic E-state index is 10.3. The first-order chi connectivity index (χ1) is 6.37. The summed E-state index contributed by atoms with van der Waals surface area (Å²) in [5.74, 6) is 0.775. The second-order valence-corrected chi connectivity index (χ2v) is 6.16. The van der Waals surface area contributed by atoms with Crippen LogP contribution in [0.4, 0.5) is 0 Å². The van der Waals surface area contributed by atoms with Crippen LogP contribution < -0.4 is 5.32 Å². The molecule has 1 N–H and O–H groups in total. The number of amides is 1. The quantitative estimate of drug-likeness (QED) is 0.692. The Morgan fingerprint density at radius 1 is 1.36 bits per heavy atom. The van der Waals surface area contributed by atoms with Crippen LogP contribution in [0.15, 0.2) is 0 Å². The summed E-state index contributed by atoms with van der Waals surface area (Å²) in [6.45, 7) is 10.1. The second-order valence-electron chi connectivity index (χ2n) is 6.16. The van der Waals surface area contributed by atoms with Crippen molar-refractivity contribution in [1.82, 2.24) is 5.32 Å². The molecule has 0 bridgehead atoms. The van der Waals surface area contributed by atoms with Crippen molar-refractivity contribution in [1.29, 1.82) is 0 Å². The predicted molar refractivity (Wildman–Crippen MR) is 59.0 cm³/mol. The van der Waals surface area contributed by atoms with Gasteiger partial charge in [-0.3, -0.25) is 4.79 Å². The molecule has 0 aromatic rings. The summed E-state index contributed by atoms with van der Waals surface area (Å²) in [5, 5.41) is 2.84. The first-order valence-electron chi connectivity index (χ1n) is 5.54. The molecule has 2 unspecified atom stereocenters. The molecule has 82 valence electrons. The Hall–Kier alpha value is -0.530. The van der Waals surface area contributed by atoms with Gasteiger partial charge in [0, 0.05) is 6.54 Å². The number of hydrogen-bond donors (Lipinski definition) is 1. The number of rotatable bonds is 3. The van der Waals surface area contributed by atoms with Gasteiger partial charge in [-0.15, -0.1) is 0 Å². The highest BCUT2D eigenvalue weighted by atomic mass is 16.1. The Kier molecular flexibility index (Phi) is 3.23. The minimum absolute atomic E-state index is 0.294. The molecule has 14 heavy (non-hydrogen) atoms. The highest BCUT2D eigenvalue weighted by Gasteiger charge is 2.39. The molecule has 0 aliphatic heterocycles. The molecule has 2 nitrogen and oxygen atoms in total. The topological polar surface area (TPSA) is 29.1 Å². The van der Waals surface area contributed by atoms with E-state index in [-0.39, 0.29) is 0 Å². The van der Waals surface area contributed by atoms with Gasteiger partial charge in [-0.2, -0.15) is 0 Å².